The zero-order valence-electron chi connectivity index (χ0n) is 8.40. The molecule has 82 valence electrons. The minimum absolute atomic E-state index is 0.293. The third kappa shape index (κ3) is 2.68. The summed E-state index contributed by atoms with van der Waals surface area (Å²) in [6.45, 7) is 0.900. The number of nitrogens with one attached hydrogen (secondary N) is 1. The number of thiazole rings is 1. The van der Waals surface area contributed by atoms with Crippen molar-refractivity contribution in [1.29, 1.82) is 0 Å². The lowest BCUT2D eigenvalue weighted by atomic mass is 9.83. The van der Waals surface area contributed by atoms with Crippen LogP contribution in [-0.4, -0.2) is 22.6 Å². The number of aromatic carboxylic acids is 1. The van der Waals surface area contributed by atoms with Crippen molar-refractivity contribution in [2.75, 3.05) is 11.9 Å². The Labute approximate surface area is 92.3 Å². The number of nitrogens with zero attached hydrogens (tertiary/aromatic N) is 1. The first-order valence-electron chi connectivity index (χ1n) is 5.18. The van der Waals surface area contributed by atoms with Crippen molar-refractivity contribution in [1.82, 2.24) is 4.98 Å². The van der Waals surface area contributed by atoms with Crippen molar-refractivity contribution < 1.29 is 9.90 Å². The Hall–Kier alpha value is -1.10. The van der Waals surface area contributed by atoms with Gasteiger partial charge in [-0.1, -0.05) is 30.6 Å². The Bertz CT molecular complexity index is 347. The molecular weight excluding hydrogens is 212 g/mol. The molecule has 0 aromatic carbocycles. The van der Waals surface area contributed by atoms with E-state index in [2.05, 4.69) is 10.3 Å². The van der Waals surface area contributed by atoms with Crippen LogP contribution >= 0.6 is 11.3 Å². The van der Waals surface area contributed by atoms with Crippen molar-refractivity contribution in [2.24, 2.45) is 5.92 Å². The molecule has 1 aromatic rings. The molecule has 0 radical (unpaired) electrons. The second-order valence-electron chi connectivity index (χ2n) is 3.85. The molecule has 0 spiro atoms. The maximum atomic E-state index is 10.6. The summed E-state index contributed by atoms with van der Waals surface area (Å²) in [6.07, 6.45) is 6.63. The molecule has 5 heteroatoms. The summed E-state index contributed by atoms with van der Waals surface area (Å²) in [4.78, 5) is 14.9. The van der Waals surface area contributed by atoms with Gasteiger partial charge in [0.15, 0.2) is 5.13 Å². The van der Waals surface area contributed by atoms with Gasteiger partial charge in [0.05, 0.1) is 6.20 Å². The smallest absolute Gasteiger partial charge is 0.347 e. The maximum absolute atomic E-state index is 10.6. The third-order valence-corrected chi connectivity index (χ3v) is 3.71. The molecule has 0 unspecified atom stereocenters. The van der Waals surface area contributed by atoms with Crippen LogP contribution < -0.4 is 5.32 Å². The number of carboxylic acids is 1. The molecule has 2 rings (SSSR count). The number of aromatic nitrogens is 1. The van der Waals surface area contributed by atoms with E-state index in [-0.39, 0.29) is 0 Å². The molecule has 0 atom stereocenters. The first kappa shape index (κ1) is 10.4. The van der Waals surface area contributed by atoms with Crippen LogP contribution in [0.3, 0.4) is 0 Å². The van der Waals surface area contributed by atoms with Gasteiger partial charge in [0.1, 0.15) is 4.88 Å². The Balaban J connectivity index is 1.75. The highest BCUT2D eigenvalue weighted by atomic mass is 32.1. The van der Waals surface area contributed by atoms with Gasteiger partial charge in [-0.05, 0) is 12.3 Å². The van der Waals surface area contributed by atoms with E-state index in [0.29, 0.717) is 10.0 Å². The van der Waals surface area contributed by atoms with Crippen molar-refractivity contribution in [2.45, 2.75) is 25.7 Å². The summed E-state index contributed by atoms with van der Waals surface area (Å²) in [5, 5.41) is 12.6. The molecule has 2 N–H and O–H groups in total. The van der Waals surface area contributed by atoms with Gasteiger partial charge in [0.2, 0.25) is 0 Å². The molecule has 1 aliphatic rings. The molecule has 1 fully saturated rings. The van der Waals surface area contributed by atoms with Gasteiger partial charge in [-0.3, -0.25) is 0 Å². The van der Waals surface area contributed by atoms with Gasteiger partial charge in [-0.15, -0.1) is 0 Å². The van der Waals surface area contributed by atoms with Crippen LogP contribution in [0.4, 0.5) is 5.13 Å². The topological polar surface area (TPSA) is 62.2 Å². The van der Waals surface area contributed by atoms with E-state index in [1.165, 1.54) is 43.2 Å². The molecule has 15 heavy (non-hydrogen) atoms. The number of anilines is 1. The van der Waals surface area contributed by atoms with Crippen LogP contribution in [0.1, 0.15) is 35.4 Å². The second kappa shape index (κ2) is 4.61. The lowest BCUT2D eigenvalue weighted by Crippen LogP contribution is -2.15. The van der Waals surface area contributed by atoms with Crippen LogP contribution in [0.15, 0.2) is 6.20 Å². The summed E-state index contributed by atoms with van der Waals surface area (Å²) in [5.74, 6) is -0.0315. The zero-order valence-corrected chi connectivity index (χ0v) is 9.22. The SMILES string of the molecule is O=C(O)c1cnc(NCCC2CCC2)s1. The lowest BCUT2D eigenvalue weighted by Gasteiger charge is -2.24. The van der Waals surface area contributed by atoms with Crippen LogP contribution in [0.25, 0.3) is 0 Å². The molecule has 1 heterocycles. The van der Waals surface area contributed by atoms with Crippen molar-refractivity contribution >= 4 is 22.4 Å². The molecule has 1 aromatic heterocycles. The number of carboxylic acid groups (broad SMARTS) is 1. The summed E-state index contributed by atoms with van der Waals surface area (Å²) in [6, 6.07) is 0. The second-order valence-corrected chi connectivity index (χ2v) is 4.88. The van der Waals surface area contributed by atoms with Crippen LogP contribution in [0.5, 0.6) is 0 Å². The van der Waals surface area contributed by atoms with E-state index in [1.807, 2.05) is 0 Å². The molecular formula is C10H14N2O2S. The fraction of sp³-hybridized carbons (Fsp3) is 0.600. The molecule has 1 saturated carbocycles. The quantitative estimate of drug-likeness (QED) is 0.809. The van der Waals surface area contributed by atoms with Gasteiger partial charge < -0.3 is 10.4 Å². The van der Waals surface area contributed by atoms with Gasteiger partial charge in [-0.25, -0.2) is 9.78 Å². The monoisotopic (exact) mass is 226 g/mol. The van der Waals surface area contributed by atoms with E-state index in [1.54, 1.807) is 0 Å². The number of hydrogen-bond acceptors (Lipinski definition) is 4. The average Bonchev–Trinajstić information content (AvgIpc) is 2.57. The maximum Gasteiger partial charge on any atom is 0.347 e. The lowest BCUT2D eigenvalue weighted by molar-refractivity contribution is 0.0702. The number of hydrogen-bond donors (Lipinski definition) is 2. The Morgan fingerprint density at radius 2 is 2.47 bits per heavy atom. The minimum atomic E-state index is -0.903. The fourth-order valence-electron chi connectivity index (χ4n) is 1.62. The largest absolute Gasteiger partial charge is 0.477 e. The van der Waals surface area contributed by atoms with Crippen molar-refractivity contribution in [3.05, 3.63) is 11.1 Å². The van der Waals surface area contributed by atoms with Gasteiger partial charge in [0, 0.05) is 6.54 Å². The van der Waals surface area contributed by atoms with E-state index < -0.39 is 5.97 Å². The standard InChI is InChI=1S/C10H14N2O2S/c13-9(14)8-6-12-10(15-8)11-5-4-7-2-1-3-7/h6-7H,1-5H2,(H,11,12)(H,13,14). The number of rotatable bonds is 5. The van der Waals surface area contributed by atoms with E-state index in [4.69, 9.17) is 5.11 Å². The summed E-state index contributed by atoms with van der Waals surface area (Å²) in [5.41, 5.74) is 0. The van der Waals surface area contributed by atoms with Crippen LogP contribution in [0, 0.1) is 5.92 Å². The molecule has 0 amide bonds. The highest BCUT2D eigenvalue weighted by Crippen LogP contribution is 2.29. The fourth-order valence-corrected chi connectivity index (χ4v) is 2.30. The van der Waals surface area contributed by atoms with Gasteiger partial charge in [0.25, 0.3) is 0 Å². The molecule has 0 bridgehead atoms. The van der Waals surface area contributed by atoms with Gasteiger partial charge in [-0.2, -0.15) is 0 Å². The predicted octanol–water partition coefficient (Wildman–Crippen LogP) is 2.44. The normalized spacial score (nSPS) is 16.0. The first-order valence-corrected chi connectivity index (χ1v) is 6.00. The highest BCUT2D eigenvalue weighted by Gasteiger charge is 2.16. The molecule has 0 aliphatic heterocycles. The third-order valence-electron chi connectivity index (χ3n) is 2.77. The van der Waals surface area contributed by atoms with Gasteiger partial charge >= 0.3 is 5.97 Å². The van der Waals surface area contributed by atoms with Crippen LogP contribution in [0.2, 0.25) is 0 Å². The predicted molar refractivity (Wildman–Crippen MR) is 59.5 cm³/mol. The molecule has 4 nitrogen and oxygen atoms in total. The van der Waals surface area contributed by atoms with E-state index >= 15 is 0 Å². The summed E-state index contributed by atoms with van der Waals surface area (Å²) in [7, 11) is 0. The molecule has 0 saturated heterocycles. The van der Waals surface area contributed by atoms with E-state index in [9.17, 15) is 4.79 Å². The summed E-state index contributed by atoms with van der Waals surface area (Å²) < 4.78 is 0. The number of carbonyl (C=O) groups is 1. The Morgan fingerprint density at radius 1 is 1.67 bits per heavy atom. The highest BCUT2D eigenvalue weighted by molar-refractivity contribution is 7.17. The minimum Gasteiger partial charge on any atom is -0.477 e. The zero-order chi connectivity index (χ0) is 10.7. The summed E-state index contributed by atoms with van der Waals surface area (Å²) >= 11 is 1.20. The van der Waals surface area contributed by atoms with Crippen molar-refractivity contribution in [3.63, 3.8) is 0 Å². The Kier molecular flexibility index (Phi) is 3.20. The van der Waals surface area contributed by atoms with E-state index in [0.717, 1.165) is 12.5 Å². The average molecular weight is 226 g/mol. The Morgan fingerprint density at radius 3 is 3.00 bits per heavy atom. The van der Waals surface area contributed by atoms with Crippen molar-refractivity contribution in [3.8, 4) is 0 Å². The first-order chi connectivity index (χ1) is 7.25. The van der Waals surface area contributed by atoms with Crippen LogP contribution in [-0.2, 0) is 0 Å². The molecule has 1 aliphatic carbocycles.